The van der Waals surface area contributed by atoms with Gasteiger partial charge < -0.3 is 0 Å². The van der Waals surface area contributed by atoms with E-state index in [1.807, 2.05) is 0 Å². The van der Waals surface area contributed by atoms with E-state index in [4.69, 9.17) is 0 Å². The zero-order chi connectivity index (χ0) is 16.4. The molecule has 0 aromatic rings. The second kappa shape index (κ2) is 6.13. The van der Waals surface area contributed by atoms with Crippen molar-refractivity contribution in [3.8, 4) is 0 Å². The Bertz CT molecular complexity index is 532. The topological polar surface area (TPSA) is 0 Å². The van der Waals surface area contributed by atoms with E-state index in [0.717, 1.165) is 59.2 Å². The lowest BCUT2D eigenvalue weighted by atomic mass is 9.48. The molecule has 0 aromatic heterocycles. The van der Waals surface area contributed by atoms with E-state index in [1.165, 1.54) is 6.42 Å². The summed E-state index contributed by atoms with van der Waals surface area (Å²) in [6.07, 6.45) is 25.7. The predicted octanol–water partition coefficient (Wildman–Crippen LogP) is 6.86. The van der Waals surface area contributed by atoms with Crippen LogP contribution in [0.2, 0.25) is 0 Å². The first-order valence-corrected chi connectivity index (χ1v) is 12.0. The predicted molar refractivity (Wildman–Crippen MR) is 104 cm³/mol. The van der Waals surface area contributed by atoms with Crippen LogP contribution in [0.15, 0.2) is 12.2 Å². The summed E-state index contributed by atoms with van der Waals surface area (Å²) in [5.41, 5.74) is 0. The van der Waals surface area contributed by atoms with Gasteiger partial charge in [-0.2, -0.15) is 0 Å². The second-order valence-corrected chi connectivity index (χ2v) is 11.2. The molecule has 25 heavy (non-hydrogen) atoms. The van der Waals surface area contributed by atoms with Gasteiger partial charge in [0, 0.05) is 0 Å². The van der Waals surface area contributed by atoms with Crippen LogP contribution in [0, 0.1) is 59.2 Å². The fourth-order valence-corrected chi connectivity index (χ4v) is 9.39. The molecule has 5 saturated carbocycles. The third kappa shape index (κ3) is 2.52. The Hall–Kier alpha value is -0.260. The molecule has 10 unspecified atom stereocenters. The Morgan fingerprint density at radius 3 is 2.04 bits per heavy atom. The lowest BCUT2D eigenvalue weighted by molar-refractivity contribution is -0.0731. The van der Waals surface area contributed by atoms with E-state index >= 15 is 0 Å². The molecule has 0 aromatic carbocycles. The third-order valence-corrected chi connectivity index (χ3v) is 10.4. The van der Waals surface area contributed by atoms with Gasteiger partial charge in [0.05, 0.1) is 0 Å². The minimum absolute atomic E-state index is 0.978. The summed E-state index contributed by atoms with van der Waals surface area (Å²) in [4.78, 5) is 0. The average Bonchev–Trinajstić information content (AvgIpc) is 3.12. The molecular formula is C25H38. The van der Waals surface area contributed by atoms with Crippen molar-refractivity contribution in [1.29, 1.82) is 0 Å². The smallest absolute Gasteiger partial charge is 0.0199 e. The summed E-state index contributed by atoms with van der Waals surface area (Å²) in [6, 6.07) is 0. The van der Waals surface area contributed by atoms with Crippen LogP contribution in [0.4, 0.5) is 0 Å². The first-order chi connectivity index (χ1) is 12.4. The third-order valence-electron chi connectivity index (χ3n) is 10.4. The monoisotopic (exact) mass is 338 g/mol. The highest BCUT2D eigenvalue weighted by molar-refractivity contribution is 5.08. The van der Waals surface area contributed by atoms with E-state index in [9.17, 15) is 0 Å². The molecule has 5 fully saturated rings. The van der Waals surface area contributed by atoms with Crippen LogP contribution in [-0.2, 0) is 0 Å². The molecule has 0 spiro atoms. The number of fused-ring (bicyclic) bond motifs is 7. The summed E-state index contributed by atoms with van der Waals surface area (Å²) in [6.45, 7) is 0. The van der Waals surface area contributed by atoms with Crippen LogP contribution >= 0.6 is 0 Å². The van der Waals surface area contributed by atoms with Gasteiger partial charge in [0.25, 0.3) is 0 Å². The van der Waals surface area contributed by atoms with Gasteiger partial charge in [-0.15, -0.1) is 0 Å². The molecule has 10 atom stereocenters. The highest BCUT2D eigenvalue weighted by Gasteiger charge is 2.52. The molecule has 0 nitrogen and oxygen atoms in total. The second-order valence-electron chi connectivity index (χ2n) is 11.2. The summed E-state index contributed by atoms with van der Waals surface area (Å²) >= 11 is 0. The van der Waals surface area contributed by atoms with Gasteiger partial charge in [0.2, 0.25) is 0 Å². The zero-order valence-corrected chi connectivity index (χ0v) is 16.1. The van der Waals surface area contributed by atoms with E-state index in [0.29, 0.717) is 0 Å². The maximum atomic E-state index is 2.59. The molecule has 0 heteroatoms. The Balaban J connectivity index is 1.24. The van der Waals surface area contributed by atoms with Crippen molar-refractivity contribution < 1.29 is 0 Å². The SMILES string of the molecule is C1=CC2CC3CCC4CC5CCC6CCCCC6C5CC4C3CC2C1. The van der Waals surface area contributed by atoms with Gasteiger partial charge in [-0.25, -0.2) is 0 Å². The van der Waals surface area contributed by atoms with Crippen LogP contribution in [-0.4, -0.2) is 0 Å². The van der Waals surface area contributed by atoms with Crippen LogP contribution in [0.5, 0.6) is 0 Å². The number of hydrogen-bond donors (Lipinski definition) is 0. The van der Waals surface area contributed by atoms with Crippen molar-refractivity contribution in [2.45, 2.75) is 83.5 Å². The van der Waals surface area contributed by atoms with Crippen molar-refractivity contribution in [1.82, 2.24) is 0 Å². The van der Waals surface area contributed by atoms with Gasteiger partial charge in [-0.1, -0.05) is 31.4 Å². The Labute approximate surface area is 155 Å². The van der Waals surface area contributed by atoms with Crippen molar-refractivity contribution in [2.75, 3.05) is 0 Å². The standard InChI is InChI=1S/C25H38/c1-2-7-22-16(4-1)8-9-20-13-21-11-10-19-12-17-5-3-6-18(17)14-23(19)25(21)15-24(20)22/h3,5,16-25H,1-2,4,6-15H2. The van der Waals surface area contributed by atoms with Crippen molar-refractivity contribution in [3.05, 3.63) is 12.2 Å². The fourth-order valence-electron chi connectivity index (χ4n) is 9.39. The zero-order valence-electron chi connectivity index (χ0n) is 16.1. The quantitative estimate of drug-likeness (QED) is 0.423. The average molecular weight is 339 g/mol. The number of rotatable bonds is 0. The summed E-state index contributed by atoms with van der Waals surface area (Å²) in [5.74, 6) is 11.1. The molecule has 0 radical (unpaired) electrons. The van der Waals surface area contributed by atoms with E-state index < -0.39 is 0 Å². The molecule has 0 saturated heterocycles. The Kier molecular flexibility index (Phi) is 3.87. The van der Waals surface area contributed by atoms with Gasteiger partial charge in [-0.3, -0.25) is 0 Å². The maximum absolute atomic E-state index is 2.59. The highest BCUT2D eigenvalue weighted by Crippen LogP contribution is 2.61. The van der Waals surface area contributed by atoms with Crippen molar-refractivity contribution >= 4 is 0 Å². The van der Waals surface area contributed by atoms with Crippen molar-refractivity contribution in [2.24, 2.45) is 59.2 Å². The maximum Gasteiger partial charge on any atom is -0.0199 e. The first kappa shape index (κ1) is 15.8. The highest BCUT2D eigenvalue weighted by atomic mass is 14.6. The van der Waals surface area contributed by atoms with Gasteiger partial charge in [-0.05, 0) is 123 Å². The molecule has 0 heterocycles. The summed E-state index contributed by atoms with van der Waals surface area (Å²) in [7, 11) is 0. The molecule has 6 aliphatic rings. The fraction of sp³-hybridized carbons (Fsp3) is 0.920. The number of hydrogen-bond acceptors (Lipinski definition) is 0. The molecule has 0 N–H and O–H groups in total. The van der Waals surface area contributed by atoms with Crippen LogP contribution in [0.3, 0.4) is 0 Å². The molecule has 0 aliphatic heterocycles. The Morgan fingerprint density at radius 2 is 1.16 bits per heavy atom. The van der Waals surface area contributed by atoms with Gasteiger partial charge in [0.15, 0.2) is 0 Å². The molecule has 138 valence electrons. The Morgan fingerprint density at radius 1 is 0.480 bits per heavy atom. The minimum Gasteiger partial charge on any atom is -0.0880 e. The number of allylic oxidation sites excluding steroid dienone is 2. The van der Waals surface area contributed by atoms with Crippen LogP contribution < -0.4 is 0 Å². The van der Waals surface area contributed by atoms with Gasteiger partial charge >= 0.3 is 0 Å². The summed E-state index contributed by atoms with van der Waals surface area (Å²) < 4.78 is 0. The minimum atomic E-state index is 0.978. The summed E-state index contributed by atoms with van der Waals surface area (Å²) in [5, 5.41) is 0. The largest absolute Gasteiger partial charge is 0.0880 e. The molecule has 6 rings (SSSR count). The van der Waals surface area contributed by atoms with Crippen LogP contribution in [0.25, 0.3) is 0 Å². The molecule has 0 bridgehead atoms. The normalized spacial score (nSPS) is 57.0. The van der Waals surface area contributed by atoms with Crippen LogP contribution in [0.1, 0.15) is 83.5 Å². The van der Waals surface area contributed by atoms with E-state index in [1.54, 1.807) is 77.0 Å². The molecular weight excluding hydrogens is 300 g/mol. The van der Waals surface area contributed by atoms with Gasteiger partial charge in [0.1, 0.15) is 0 Å². The lowest BCUT2D eigenvalue weighted by Crippen LogP contribution is -2.48. The lowest BCUT2D eigenvalue weighted by Gasteiger charge is -2.57. The molecule has 6 aliphatic carbocycles. The van der Waals surface area contributed by atoms with E-state index in [2.05, 4.69) is 12.2 Å². The van der Waals surface area contributed by atoms with E-state index in [-0.39, 0.29) is 0 Å². The first-order valence-electron chi connectivity index (χ1n) is 12.0. The molecule has 0 amide bonds. The van der Waals surface area contributed by atoms with Crippen molar-refractivity contribution in [3.63, 3.8) is 0 Å².